The van der Waals surface area contributed by atoms with E-state index in [0.29, 0.717) is 23.1 Å². The fourth-order valence-electron chi connectivity index (χ4n) is 4.07. The average molecular weight is 459 g/mol. The molecule has 1 amide bonds. The Balaban J connectivity index is 1.22. The third-order valence-corrected chi connectivity index (χ3v) is 6.07. The van der Waals surface area contributed by atoms with E-state index in [1.54, 1.807) is 18.6 Å². The van der Waals surface area contributed by atoms with Crippen molar-refractivity contribution in [3.63, 3.8) is 0 Å². The monoisotopic (exact) mass is 458 g/mol. The first kappa shape index (κ1) is 20.9. The van der Waals surface area contributed by atoms with E-state index in [-0.39, 0.29) is 5.91 Å². The maximum Gasteiger partial charge on any atom is 0.274 e. The van der Waals surface area contributed by atoms with Crippen LogP contribution in [0.25, 0.3) is 28.2 Å². The number of amides is 1. The highest BCUT2D eigenvalue weighted by atomic mass is 16.1. The lowest BCUT2D eigenvalue weighted by molar-refractivity contribution is 0.102. The SMILES string of the molecule is O=C(Nc1cccc(-c2nncn2-c2ccccc2)c1)c1cc(-c2ccc(C3CC3)nc2)ccn1. The van der Waals surface area contributed by atoms with Crippen molar-refractivity contribution in [3.8, 4) is 28.2 Å². The highest BCUT2D eigenvalue weighted by molar-refractivity contribution is 6.03. The van der Waals surface area contributed by atoms with Crippen molar-refractivity contribution in [1.29, 1.82) is 0 Å². The standard InChI is InChI=1S/C28H22N6O/c35-28(26-16-20(13-14-29-26)22-11-12-25(30-17-22)19-9-10-19)32-23-6-4-5-21(15-23)27-33-31-18-34(27)24-7-2-1-3-8-24/h1-8,11-19H,9-10H2,(H,32,35). The molecule has 0 bridgehead atoms. The van der Waals surface area contributed by atoms with Gasteiger partial charge in [-0.2, -0.15) is 0 Å². The molecule has 35 heavy (non-hydrogen) atoms. The Bertz CT molecular complexity index is 1490. The van der Waals surface area contributed by atoms with Gasteiger partial charge in [0, 0.05) is 46.5 Å². The van der Waals surface area contributed by atoms with Crippen LogP contribution in [-0.2, 0) is 0 Å². The van der Waals surface area contributed by atoms with E-state index < -0.39 is 0 Å². The predicted molar refractivity (Wildman–Crippen MR) is 134 cm³/mol. The topological polar surface area (TPSA) is 85.6 Å². The summed E-state index contributed by atoms with van der Waals surface area (Å²) in [5, 5.41) is 11.3. The summed E-state index contributed by atoms with van der Waals surface area (Å²) < 4.78 is 1.91. The first-order chi connectivity index (χ1) is 17.2. The molecule has 0 atom stereocenters. The molecule has 5 aromatic rings. The van der Waals surface area contributed by atoms with Gasteiger partial charge in [-0.1, -0.05) is 36.4 Å². The number of para-hydroxylation sites is 1. The first-order valence-electron chi connectivity index (χ1n) is 11.5. The summed E-state index contributed by atoms with van der Waals surface area (Å²) in [7, 11) is 0. The number of nitrogens with zero attached hydrogens (tertiary/aromatic N) is 5. The summed E-state index contributed by atoms with van der Waals surface area (Å²) in [4.78, 5) is 21.9. The molecule has 0 radical (unpaired) electrons. The predicted octanol–water partition coefficient (Wildman–Crippen LogP) is 5.52. The number of benzene rings is 2. The average Bonchev–Trinajstić information content (AvgIpc) is 3.65. The molecular formula is C28H22N6O. The smallest absolute Gasteiger partial charge is 0.274 e. The van der Waals surface area contributed by atoms with Crippen LogP contribution in [0.1, 0.15) is 34.9 Å². The van der Waals surface area contributed by atoms with Crippen LogP contribution in [0.2, 0.25) is 0 Å². The third kappa shape index (κ3) is 4.44. The quantitative estimate of drug-likeness (QED) is 0.362. The second-order valence-electron chi connectivity index (χ2n) is 8.57. The van der Waals surface area contributed by atoms with Crippen molar-refractivity contribution >= 4 is 11.6 Å². The maximum absolute atomic E-state index is 13.0. The lowest BCUT2D eigenvalue weighted by Gasteiger charge is -2.10. The number of rotatable bonds is 6. The van der Waals surface area contributed by atoms with Crippen LogP contribution in [0.4, 0.5) is 5.69 Å². The summed E-state index contributed by atoms with van der Waals surface area (Å²) in [5.41, 5.74) is 5.81. The van der Waals surface area contributed by atoms with Crippen molar-refractivity contribution in [3.05, 3.63) is 109 Å². The van der Waals surface area contributed by atoms with Crippen LogP contribution in [0.5, 0.6) is 0 Å². The molecule has 1 aliphatic rings. The van der Waals surface area contributed by atoms with Gasteiger partial charge < -0.3 is 5.32 Å². The van der Waals surface area contributed by atoms with Gasteiger partial charge in [-0.05, 0) is 60.9 Å². The summed E-state index contributed by atoms with van der Waals surface area (Å²) >= 11 is 0. The lowest BCUT2D eigenvalue weighted by Crippen LogP contribution is -2.13. The largest absolute Gasteiger partial charge is 0.321 e. The number of pyridine rings is 2. The van der Waals surface area contributed by atoms with E-state index in [2.05, 4.69) is 37.6 Å². The molecule has 0 spiro atoms. The van der Waals surface area contributed by atoms with Crippen molar-refractivity contribution in [1.82, 2.24) is 24.7 Å². The van der Waals surface area contributed by atoms with Crippen LogP contribution in [0.15, 0.2) is 97.6 Å². The summed E-state index contributed by atoms with van der Waals surface area (Å²) in [6, 6.07) is 25.2. The van der Waals surface area contributed by atoms with Crippen LogP contribution >= 0.6 is 0 Å². The first-order valence-corrected chi connectivity index (χ1v) is 11.5. The Morgan fingerprint density at radius 2 is 1.74 bits per heavy atom. The second kappa shape index (κ2) is 8.95. The van der Waals surface area contributed by atoms with Crippen molar-refractivity contribution in [2.24, 2.45) is 0 Å². The zero-order chi connectivity index (χ0) is 23.6. The zero-order valence-corrected chi connectivity index (χ0v) is 18.9. The van der Waals surface area contributed by atoms with Crippen LogP contribution < -0.4 is 5.32 Å². The van der Waals surface area contributed by atoms with Crippen LogP contribution in [-0.4, -0.2) is 30.6 Å². The molecule has 2 aromatic carbocycles. The third-order valence-electron chi connectivity index (χ3n) is 6.07. The fourth-order valence-corrected chi connectivity index (χ4v) is 4.07. The molecule has 3 aromatic heterocycles. The van der Waals surface area contributed by atoms with Gasteiger partial charge in [-0.15, -0.1) is 10.2 Å². The molecule has 0 aliphatic heterocycles. The number of hydrogen-bond donors (Lipinski definition) is 1. The van der Waals surface area contributed by atoms with Gasteiger partial charge >= 0.3 is 0 Å². The number of carbonyl (C=O) groups is 1. The van der Waals surface area contributed by atoms with E-state index in [4.69, 9.17) is 0 Å². The Morgan fingerprint density at radius 3 is 2.54 bits per heavy atom. The fraction of sp³-hybridized carbons (Fsp3) is 0.107. The normalized spacial score (nSPS) is 12.9. The molecule has 1 aliphatic carbocycles. The van der Waals surface area contributed by atoms with Gasteiger partial charge in [0.2, 0.25) is 0 Å². The van der Waals surface area contributed by atoms with Crippen molar-refractivity contribution in [2.45, 2.75) is 18.8 Å². The molecule has 6 rings (SSSR count). The van der Waals surface area contributed by atoms with Gasteiger partial charge in [0.15, 0.2) is 5.82 Å². The molecule has 170 valence electrons. The van der Waals surface area contributed by atoms with E-state index >= 15 is 0 Å². The molecule has 7 heteroatoms. The molecule has 0 unspecified atom stereocenters. The highest BCUT2D eigenvalue weighted by Gasteiger charge is 2.24. The summed E-state index contributed by atoms with van der Waals surface area (Å²) in [6.07, 6.45) is 7.64. The van der Waals surface area contributed by atoms with E-state index in [9.17, 15) is 4.79 Å². The van der Waals surface area contributed by atoms with Gasteiger partial charge in [-0.3, -0.25) is 19.3 Å². The van der Waals surface area contributed by atoms with Gasteiger partial charge in [0.05, 0.1) is 0 Å². The van der Waals surface area contributed by atoms with E-state index in [1.807, 2.05) is 71.4 Å². The number of carbonyl (C=O) groups excluding carboxylic acids is 1. The lowest BCUT2D eigenvalue weighted by atomic mass is 10.1. The minimum Gasteiger partial charge on any atom is -0.321 e. The number of aromatic nitrogens is 5. The number of anilines is 1. The second-order valence-corrected chi connectivity index (χ2v) is 8.57. The van der Waals surface area contributed by atoms with E-state index in [0.717, 1.165) is 28.1 Å². The van der Waals surface area contributed by atoms with E-state index in [1.165, 1.54) is 12.8 Å². The zero-order valence-electron chi connectivity index (χ0n) is 18.9. The van der Waals surface area contributed by atoms with Gasteiger partial charge in [0.25, 0.3) is 5.91 Å². The van der Waals surface area contributed by atoms with Crippen LogP contribution in [0.3, 0.4) is 0 Å². The molecule has 1 N–H and O–H groups in total. The van der Waals surface area contributed by atoms with Crippen LogP contribution in [0, 0.1) is 0 Å². The Hall–Kier alpha value is -4.65. The Morgan fingerprint density at radius 1 is 0.857 bits per heavy atom. The number of nitrogens with one attached hydrogen (secondary N) is 1. The molecule has 1 fully saturated rings. The van der Waals surface area contributed by atoms with Gasteiger partial charge in [-0.25, -0.2) is 0 Å². The Labute approximate surface area is 202 Å². The van der Waals surface area contributed by atoms with Crippen molar-refractivity contribution in [2.75, 3.05) is 5.32 Å². The minimum absolute atomic E-state index is 0.281. The molecule has 1 saturated carbocycles. The highest BCUT2D eigenvalue weighted by Crippen LogP contribution is 2.39. The molecular weight excluding hydrogens is 436 g/mol. The molecule has 7 nitrogen and oxygen atoms in total. The van der Waals surface area contributed by atoms with Crippen molar-refractivity contribution < 1.29 is 4.79 Å². The maximum atomic E-state index is 13.0. The Kier molecular flexibility index (Phi) is 5.35. The summed E-state index contributed by atoms with van der Waals surface area (Å²) in [5.74, 6) is 1.02. The minimum atomic E-state index is -0.281. The summed E-state index contributed by atoms with van der Waals surface area (Å²) in [6.45, 7) is 0. The molecule has 0 saturated heterocycles. The number of hydrogen-bond acceptors (Lipinski definition) is 5. The van der Waals surface area contributed by atoms with Gasteiger partial charge in [0.1, 0.15) is 12.0 Å². The molecule has 3 heterocycles.